The fraction of sp³-hybridized carbons (Fsp3) is 0.500. The van der Waals surface area contributed by atoms with Gasteiger partial charge in [-0.2, -0.15) is 0 Å². The van der Waals surface area contributed by atoms with E-state index in [-0.39, 0.29) is 12.5 Å². The van der Waals surface area contributed by atoms with Gasteiger partial charge in [0, 0.05) is 18.8 Å². The number of benzene rings is 1. The molecule has 0 radical (unpaired) electrons. The molecule has 1 aliphatic rings. The smallest absolute Gasteiger partial charge is 0.339 e. The van der Waals surface area contributed by atoms with Gasteiger partial charge in [0.1, 0.15) is 0 Å². The minimum atomic E-state index is -0.402. The summed E-state index contributed by atoms with van der Waals surface area (Å²) < 4.78 is 4.74. The molecule has 0 spiro atoms. The van der Waals surface area contributed by atoms with E-state index in [2.05, 4.69) is 5.32 Å². The number of ether oxygens (including phenoxy) is 1. The number of para-hydroxylation sites is 1. The molecule has 1 saturated heterocycles. The average Bonchev–Trinajstić information content (AvgIpc) is 2.81. The van der Waals surface area contributed by atoms with Crippen LogP contribution in [0.4, 0.5) is 5.69 Å². The maximum Gasteiger partial charge on any atom is 0.339 e. The van der Waals surface area contributed by atoms with Crippen molar-refractivity contribution < 1.29 is 14.3 Å². The standard InChI is InChI=1S/C16H22N2O3/c1-21-16(20)13-8-4-5-9-14(13)17-12-15(19)18-10-6-2-3-7-11-18/h4-5,8-9,17H,2-3,6-7,10-12H2,1H3. The average molecular weight is 290 g/mol. The normalized spacial score (nSPS) is 15.2. The lowest BCUT2D eigenvalue weighted by Crippen LogP contribution is -2.36. The van der Waals surface area contributed by atoms with Gasteiger partial charge in [0.25, 0.3) is 0 Å². The molecule has 0 atom stereocenters. The van der Waals surface area contributed by atoms with Crippen LogP contribution in [0.3, 0.4) is 0 Å². The Hall–Kier alpha value is -2.04. The third kappa shape index (κ3) is 4.21. The zero-order valence-electron chi connectivity index (χ0n) is 12.4. The van der Waals surface area contributed by atoms with Gasteiger partial charge in [-0.1, -0.05) is 25.0 Å². The van der Waals surface area contributed by atoms with Gasteiger partial charge in [-0.05, 0) is 25.0 Å². The molecule has 1 aromatic carbocycles. The lowest BCUT2D eigenvalue weighted by molar-refractivity contribution is -0.129. The number of carbonyl (C=O) groups excluding carboxylic acids is 2. The van der Waals surface area contributed by atoms with Crippen LogP contribution in [0.5, 0.6) is 0 Å². The maximum absolute atomic E-state index is 12.2. The van der Waals surface area contributed by atoms with Crippen molar-refractivity contribution in [1.82, 2.24) is 4.90 Å². The molecule has 0 bridgehead atoms. The van der Waals surface area contributed by atoms with Gasteiger partial charge >= 0.3 is 5.97 Å². The summed E-state index contributed by atoms with van der Waals surface area (Å²) in [4.78, 5) is 25.8. The topological polar surface area (TPSA) is 58.6 Å². The molecule has 1 aliphatic heterocycles. The molecule has 1 amide bonds. The van der Waals surface area contributed by atoms with Crippen molar-refractivity contribution in [3.8, 4) is 0 Å². The number of hydrogen-bond acceptors (Lipinski definition) is 4. The highest BCUT2D eigenvalue weighted by Gasteiger charge is 2.16. The zero-order valence-corrected chi connectivity index (χ0v) is 12.4. The molecule has 5 nitrogen and oxygen atoms in total. The summed E-state index contributed by atoms with van der Waals surface area (Å²) in [5.74, 6) is -0.322. The van der Waals surface area contributed by atoms with Crippen molar-refractivity contribution in [2.45, 2.75) is 25.7 Å². The van der Waals surface area contributed by atoms with Crippen LogP contribution in [0, 0.1) is 0 Å². The Bertz CT molecular complexity index is 494. The third-order valence-electron chi connectivity index (χ3n) is 3.72. The summed E-state index contributed by atoms with van der Waals surface area (Å²) in [6.07, 6.45) is 4.54. The second-order valence-electron chi connectivity index (χ2n) is 5.19. The van der Waals surface area contributed by atoms with Gasteiger partial charge in [0.15, 0.2) is 0 Å². The van der Waals surface area contributed by atoms with E-state index >= 15 is 0 Å². The van der Waals surface area contributed by atoms with Crippen LogP contribution >= 0.6 is 0 Å². The fourth-order valence-corrected chi connectivity index (χ4v) is 2.53. The Balaban J connectivity index is 1.96. The first-order valence-corrected chi connectivity index (χ1v) is 7.41. The van der Waals surface area contributed by atoms with E-state index < -0.39 is 5.97 Å². The number of carbonyl (C=O) groups is 2. The molecule has 1 heterocycles. The lowest BCUT2D eigenvalue weighted by Gasteiger charge is -2.21. The number of likely N-dealkylation sites (tertiary alicyclic amines) is 1. The number of nitrogens with zero attached hydrogens (tertiary/aromatic N) is 1. The number of rotatable bonds is 4. The lowest BCUT2D eigenvalue weighted by atomic mass is 10.2. The number of hydrogen-bond donors (Lipinski definition) is 1. The van der Waals surface area contributed by atoms with Crippen molar-refractivity contribution >= 4 is 17.6 Å². The van der Waals surface area contributed by atoms with Crippen molar-refractivity contribution in [2.75, 3.05) is 32.1 Å². The predicted octanol–water partition coefficient (Wildman–Crippen LogP) is 2.29. The summed E-state index contributed by atoms with van der Waals surface area (Å²) in [7, 11) is 1.35. The molecular weight excluding hydrogens is 268 g/mol. The number of nitrogens with one attached hydrogen (secondary N) is 1. The molecule has 0 saturated carbocycles. The minimum Gasteiger partial charge on any atom is -0.465 e. The summed E-state index contributed by atoms with van der Waals surface area (Å²) in [6.45, 7) is 1.87. The third-order valence-corrected chi connectivity index (χ3v) is 3.72. The summed E-state index contributed by atoms with van der Waals surface area (Å²) in [5.41, 5.74) is 1.08. The van der Waals surface area contributed by atoms with E-state index in [9.17, 15) is 9.59 Å². The van der Waals surface area contributed by atoms with Gasteiger partial charge in [-0.15, -0.1) is 0 Å². The molecule has 114 valence electrons. The van der Waals surface area contributed by atoms with Gasteiger partial charge in [0.2, 0.25) is 5.91 Å². The Morgan fingerprint density at radius 3 is 2.48 bits per heavy atom. The van der Waals surface area contributed by atoms with E-state index in [1.807, 2.05) is 11.0 Å². The molecule has 1 fully saturated rings. The second kappa shape index (κ2) is 7.67. The summed E-state index contributed by atoms with van der Waals surface area (Å²) in [6, 6.07) is 7.06. The highest BCUT2D eigenvalue weighted by molar-refractivity contribution is 5.96. The highest BCUT2D eigenvalue weighted by atomic mass is 16.5. The number of anilines is 1. The fourth-order valence-electron chi connectivity index (χ4n) is 2.53. The van der Waals surface area contributed by atoms with Crippen LogP contribution in [-0.4, -0.2) is 43.5 Å². The van der Waals surface area contributed by atoms with Crippen LogP contribution in [0.15, 0.2) is 24.3 Å². The molecule has 1 aromatic rings. The van der Waals surface area contributed by atoms with Gasteiger partial charge < -0.3 is 15.0 Å². The summed E-state index contributed by atoms with van der Waals surface area (Å²) >= 11 is 0. The first kappa shape index (κ1) is 15.4. The van der Waals surface area contributed by atoms with Crippen LogP contribution < -0.4 is 5.32 Å². The second-order valence-corrected chi connectivity index (χ2v) is 5.19. The van der Waals surface area contributed by atoms with Gasteiger partial charge in [-0.3, -0.25) is 4.79 Å². The molecular formula is C16H22N2O3. The monoisotopic (exact) mass is 290 g/mol. The SMILES string of the molecule is COC(=O)c1ccccc1NCC(=O)N1CCCCCC1. The van der Waals surface area contributed by atoms with Crippen LogP contribution in [0.2, 0.25) is 0 Å². The van der Waals surface area contributed by atoms with Crippen molar-refractivity contribution in [1.29, 1.82) is 0 Å². The Morgan fingerprint density at radius 1 is 1.14 bits per heavy atom. The number of amides is 1. The molecule has 0 unspecified atom stereocenters. The van der Waals surface area contributed by atoms with Crippen LogP contribution in [0.1, 0.15) is 36.0 Å². The van der Waals surface area contributed by atoms with E-state index in [0.717, 1.165) is 25.9 Å². The molecule has 2 rings (SSSR count). The summed E-state index contributed by atoms with van der Waals surface area (Å²) in [5, 5.41) is 3.05. The van der Waals surface area contributed by atoms with Gasteiger partial charge in [-0.25, -0.2) is 4.79 Å². The van der Waals surface area contributed by atoms with Crippen molar-refractivity contribution in [3.63, 3.8) is 0 Å². The van der Waals surface area contributed by atoms with E-state index in [1.165, 1.54) is 20.0 Å². The number of esters is 1. The van der Waals surface area contributed by atoms with E-state index in [1.54, 1.807) is 18.2 Å². The predicted molar refractivity (Wildman–Crippen MR) is 81.3 cm³/mol. The van der Waals surface area contributed by atoms with Crippen molar-refractivity contribution in [2.24, 2.45) is 0 Å². The zero-order chi connectivity index (χ0) is 15.1. The Morgan fingerprint density at radius 2 is 1.81 bits per heavy atom. The molecule has 5 heteroatoms. The molecule has 0 aromatic heterocycles. The first-order valence-electron chi connectivity index (χ1n) is 7.41. The molecule has 1 N–H and O–H groups in total. The maximum atomic E-state index is 12.2. The Labute approximate surface area is 125 Å². The highest BCUT2D eigenvalue weighted by Crippen LogP contribution is 2.16. The first-order chi connectivity index (χ1) is 10.2. The van der Waals surface area contributed by atoms with Crippen LogP contribution in [-0.2, 0) is 9.53 Å². The quantitative estimate of drug-likeness (QED) is 0.864. The largest absolute Gasteiger partial charge is 0.465 e. The van der Waals surface area contributed by atoms with E-state index in [4.69, 9.17) is 4.74 Å². The molecule has 21 heavy (non-hydrogen) atoms. The van der Waals surface area contributed by atoms with Crippen molar-refractivity contribution in [3.05, 3.63) is 29.8 Å². The molecule has 0 aliphatic carbocycles. The van der Waals surface area contributed by atoms with Crippen LogP contribution in [0.25, 0.3) is 0 Å². The Kier molecular flexibility index (Phi) is 5.60. The number of methoxy groups -OCH3 is 1. The van der Waals surface area contributed by atoms with E-state index in [0.29, 0.717) is 11.3 Å². The minimum absolute atomic E-state index is 0.0802. The van der Waals surface area contributed by atoms with Gasteiger partial charge in [0.05, 0.1) is 19.2 Å².